The van der Waals surface area contributed by atoms with Crippen LogP contribution in [-0.2, 0) is 10.0 Å². The van der Waals surface area contributed by atoms with Gasteiger partial charge in [0.05, 0.1) is 5.02 Å². The summed E-state index contributed by atoms with van der Waals surface area (Å²) in [5, 5.41) is 0.0215. The Kier molecular flexibility index (Phi) is 4.15. The normalized spacial score (nSPS) is 25.5. The summed E-state index contributed by atoms with van der Waals surface area (Å²) in [5.74, 6) is -0.455. The molecule has 2 unspecified atom stereocenters. The molecule has 0 radical (unpaired) electrons. The molecule has 7 heteroatoms. The molecule has 1 fully saturated rings. The monoisotopic (exact) mass is 306 g/mol. The molecule has 1 aromatic rings. The van der Waals surface area contributed by atoms with Crippen molar-refractivity contribution in [1.29, 1.82) is 0 Å². The van der Waals surface area contributed by atoms with Gasteiger partial charge in [0.25, 0.3) is 0 Å². The fourth-order valence-corrected chi connectivity index (χ4v) is 4.46. The Bertz CT molecular complexity index is 569. The molecule has 0 bridgehead atoms. The van der Waals surface area contributed by atoms with Crippen LogP contribution in [0, 0.1) is 11.7 Å². The summed E-state index contributed by atoms with van der Waals surface area (Å²) in [4.78, 5) is -0.199. The van der Waals surface area contributed by atoms with Crippen LogP contribution in [0.5, 0.6) is 0 Å². The minimum atomic E-state index is -3.80. The van der Waals surface area contributed by atoms with E-state index >= 15 is 0 Å². The van der Waals surface area contributed by atoms with Gasteiger partial charge >= 0.3 is 0 Å². The Hall–Kier alpha value is -0.690. The van der Waals surface area contributed by atoms with Gasteiger partial charge in [-0.1, -0.05) is 18.5 Å². The molecule has 0 saturated carbocycles. The van der Waals surface area contributed by atoms with Gasteiger partial charge in [0, 0.05) is 19.1 Å². The van der Waals surface area contributed by atoms with Crippen LogP contribution in [0.15, 0.2) is 23.1 Å². The summed E-state index contributed by atoms with van der Waals surface area (Å²) in [5.41, 5.74) is 5.85. The molecule has 0 aliphatic carbocycles. The molecular formula is C12H16ClFN2O2S. The Morgan fingerprint density at radius 3 is 2.74 bits per heavy atom. The number of hydrogen-bond acceptors (Lipinski definition) is 3. The molecule has 1 aromatic carbocycles. The van der Waals surface area contributed by atoms with Gasteiger partial charge in [0.15, 0.2) is 0 Å². The molecule has 19 heavy (non-hydrogen) atoms. The van der Waals surface area contributed by atoms with Crippen molar-refractivity contribution in [3.63, 3.8) is 0 Å². The number of nitrogens with zero attached hydrogens (tertiary/aromatic N) is 1. The lowest BCUT2D eigenvalue weighted by atomic mass is 9.99. The predicted molar refractivity (Wildman–Crippen MR) is 71.9 cm³/mol. The lowest BCUT2D eigenvalue weighted by Gasteiger charge is -2.34. The second kappa shape index (κ2) is 5.36. The van der Waals surface area contributed by atoms with E-state index in [2.05, 4.69) is 0 Å². The third-order valence-corrected chi connectivity index (χ3v) is 5.48. The standard InChI is InChI=1S/C12H16ClFN2O2S/c1-8-4-10(15)7-16(6-8)19(17,18)12-5-9(14)2-3-11(12)13/h2-3,5,8,10H,4,6-7,15H2,1H3. The highest BCUT2D eigenvalue weighted by Gasteiger charge is 2.33. The molecule has 1 heterocycles. The smallest absolute Gasteiger partial charge is 0.244 e. The summed E-state index contributed by atoms with van der Waals surface area (Å²) in [6, 6.07) is 3.12. The average Bonchev–Trinajstić information content (AvgIpc) is 2.31. The molecule has 1 aliphatic rings. The molecule has 0 amide bonds. The van der Waals surface area contributed by atoms with E-state index in [-0.39, 0.29) is 28.4 Å². The van der Waals surface area contributed by atoms with Crippen LogP contribution in [0.25, 0.3) is 0 Å². The lowest BCUT2D eigenvalue weighted by Crippen LogP contribution is -2.48. The second-order valence-electron chi connectivity index (χ2n) is 5.00. The zero-order chi connectivity index (χ0) is 14.2. The van der Waals surface area contributed by atoms with E-state index in [4.69, 9.17) is 17.3 Å². The maximum Gasteiger partial charge on any atom is 0.244 e. The fraction of sp³-hybridized carbons (Fsp3) is 0.500. The molecule has 2 rings (SSSR count). The topological polar surface area (TPSA) is 63.4 Å². The van der Waals surface area contributed by atoms with Gasteiger partial charge < -0.3 is 5.73 Å². The number of halogens is 2. The molecule has 2 N–H and O–H groups in total. The van der Waals surface area contributed by atoms with Gasteiger partial charge in [-0.15, -0.1) is 0 Å². The van der Waals surface area contributed by atoms with E-state index in [9.17, 15) is 12.8 Å². The van der Waals surface area contributed by atoms with Gasteiger partial charge in [-0.25, -0.2) is 12.8 Å². The van der Waals surface area contributed by atoms with Crippen molar-refractivity contribution in [3.05, 3.63) is 29.0 Å². The van der Waals surface area contributed by atoms with Crippen LogP contribution in [0.3, 0.4) is 0 Å². The number of sulfonamides is 1. The van der Waals surface area contributed by atoms with Crippen molar-refractivity contribution < 1.29 is 12.8 Å². The van der Waals surface area contributed by atoms with E-state index < -0.39 is 15.8 Å². The van der Waals surface area contributed by atoms with E-state index in [0.717, 1.165) is 18.6 Å². The van der Waals surface area contributed by atoms with Gasteiger partial charge in [-0.05, 0) is 30.5 Å². The summed E-state index contributed by atoms with van der Waals surface area (Å²) in [6.45, 7) is 2.55. The number of hydrogen-bond donors (Lipinski definition) is 1. The highest BCUT2D eigenvalue weighted by Crippen LogP contribution is 2.28. The molecule has 2 atom stereocenters. The van der Waals surface area contributed by atoms with Crippen molar-refractivity contribution in [2.75, 3.05) is 13.1 Å². The number of benzene rings is 1. The Balaban J connectivity index is 2.39. The van der Waals surface area contributed by atoms with E-state index in [0.29, 0.717) is 6.54 Å². The maximum absolute atomic E-state index is 13.2. The molecule has 0 aromatic heterocycles. The third kappa shape index (κ3) is 3.08. The second-order valence-corrected chi connectivity index (χ2v) is 7.31. The van der Waals surface area contributed by atoms with Crippen molar-refractivity contribution in [2.24, 2.45) is 11.7 Å². The Labute approximate surface area is 117 Å². The fourth-order valence-electron chi connectivity index (χ4n) is 2.36. The zero-order valence-electron chi connectivity index (χ0n) is 10.5. The molecule has 0 spiro atoms. The first-order valence-electron chi connectivity index (χ1n) is 6.01. The molecule has 1 aliphatic heterocycles. The predicted octanol–water partition coefficient (Wildman–Crippen LogP) is 1.84. The SMILES string of the molecule is CC1CC(N)CN(S(=O)(=O)c2cc(F)ccc2Cl)C1. The third-order valence-electron chi connectivity index (χ3n) is 3.17. The molecule has 1 saturated heterocycles. The lowest BCUT2D eigenvalue weighted by molar-refractivity contribution is 0.254. The minimum absolute atomic E-state index is 0.0215. The summed E-state index contributed by atoms with van der Waals surface area (Å²) in [7, 11) is -3.80. The molecular weight excluding hydrogens is 291 g/mol. The maximum atomic E-state index is 13.2. The number of piperidine rings is 1. The van der Waals surface area contributed by atoms with Crippen LogP contribution in [-0.4, -0.2) is 31.9 Å². The summed E-state index contributed by atoms with van der Waals surface area (Å²) in [6.07, 6.45) is 0.781. The summed E-state index contributed by atoms with van der Waals surface area (Å²) < 4.78 is 39.5. The van der Waals surface area contributed by atoms with Crippen molar-refractivity contribution in [3.8, 4) is 0 Å². The Morgan fingerprint density at radius 1 is 1.42 bits per heavy atom. The van der Waals surface area contributed by atoms with Crippen LogP contribution in [0.2, 0.25) is 5.02 Å². The zero-order valence-corrected chi connectivity index (χ0v) is 12.1. The van der Waals surface area contributed by atoms with Crippen LogP contribution in [0.1, 0.15) is 13.3 Å². The van der Waals surface area contributed by atoms with Crippen LogP contribution in [0.4, 0.5) is 4.39 Å². The van der Waals surface area contributed by atoms with Crippen molar-refractivity contribution in [2.45, 2.75) is 24.3 Å². The number of rotatable bonds is 2. The van der Waals surface area contributed by atoms with Gasteiger partial charge in [-0.2, -0.15) is 4.31 Å². The van der Waals surface area contributed by atoms with Crippen molar-refractivity contribution in [1.82, 2.24) is 4.31 Å². The first-order chi connectivity index (χ1) is 8.80. The average molecular weight is 307 g/mol. The number of nitrogens with two attached hydrogens (primary N) is 1. The van der Waals surface area contributed by atoms with Crippen molar-refractivity contribution >= 4 is 21.6 Å². The van der Waals surface area contributed by atoms with Gasteiger partial charge in [0.2, 0.25) is 10.0 Å². The van der Waals surface area contributed by atoms with Gasteiger partial charge in [0.1, 0.15) is 10.7 Å². The Morgan fingerprint density at radius 2 is 2.11 bits per heavy atom. The molecule has 106 valence electrons. The van der Waals surface area contributed by atoms with E-state index in [1.165, 1.54) is 10.4 Å². The highest BCUT2D eigenvalue weighted by atomic mass is 35.5. The quantitative estimate of drug-likeness (QED) is 0.907. The molecule has 4 nitrogen and oxygen atoms in total. The van der Waals surface area contributed by atoms with Gasteiger partial charge in [-0.3, -0.25) is 0 Å². The first kappa shape index (κ1) is 14.7. The first-order valence-corrected chi connectivity index (χ1v) is 7.83. The highest BCUT2D eigenvalue weighted by molar-refractivity contribution is 7.89. The van der Waals surface area contributed by atoms with Crippen LogP contribution >= 0.6 is 11.6 Å². The largest absolute Gasteiger partial charge is 0.326 e. The van der Waals surface area contributed by atoms with E-state index in [1.807, 2.05) is 6.92 Å². The van der Waals surface area contributed by atoms with E-state index in [1.54, 1.807) is 0 Å². The minimum Gasteiger partial charge on any atom is -0.326 e. The summed E-state index contributed by atoms with van der Waals surface area (Å²) >= 11 is 5.87. The van der Waals surface area contributed by atoms with Crippen LogP contribution < -0.4 is 5.73 Å².